The fraction of sp³-hybridized carbons (Fsp3) is 0.750. The Morgan fingerprint density at radius 2 is 1.83 bits per heavy atom. The molecule has 1 amide bonds. The minimum Gasteiger partial charge on any atom is -0.346 e. The van der Waals surface area contributed by atoms with Crippen LogP contribution in [-0.4, -0.2) is 24.3 Å². The highest BCUT2D eigenvalue weighted by molar-refractivity contribution is 5.83. The zero-order chi connectivity index (χ0) is 10.1. The molecule has 0 radical (unpaired) electrons. The summed E-state index contributed by atoms with van der Waals surface area (Å²) in [4.78, 5) is 20.7. The van der Waals surface area contributed by atoms with Gasteiger partial charge in [0.1, 0.15) is 6.29 Å². The summed E-state index contributed by atoms with van der Waals surface area (Å²) >= 11 is 0. The number of carbonyl (C=O) groups excluding carboxylic acids is 2. The van der Waals surface area contributed by atoms with Crippen LogP contribution in [0.5, 0.6) is 0 Å². The third kappa shape index (κ3) is 7.21. The standard InChI is InChI=1S/C6H12N2O2.C2H6/c1-4(3-9)8-6(10)5(2)7;1-2/h3-5H,7H2,1-2H3,(H,8,10);1-2H3. The zero-order valence-electron chi connectivity index (χ0n) is 8.13. The second-order valence-electron chi connectivity index (χ2n) is 2.22. The van der Waals surface area contributed by atoms with E-state index in [-0.39, 0.29) is 5.91 Å². The van der Waals surface area contributed by atoms with Crippen LogP contribution in [0.2, 0.25) is 0 Å². The van der Waals surface area contributed by atoms with Crippen molar-refractivity contribution in [3.8, 4) is 0 Å². The smallest absolute Gasteiger partial charge is 0.237 e. The number of nitrogens with one attached hydrogen (secondary N) is 1. The molecule has 0 aliphatic heterocycles. The first kappa shape index (κ1) is 13.7. The minimum absolute atomic E-state index is 0.306. The number of aldehydes is 1. The highest BCUT2D eigenvalue weighted by Crippen LogP contribution is 1.78. The van der Waals surface area contributed by atoms with Gasteiger partial charge in [0.15, 0.2) is 0 Å². The molecule has 0 aromatic heterocycles. The van der Waals surface area contributed by atoms with Crippen LogP contribution >= 0.6 is 0 Å². The topological polar surface area (TPSA) is 72.2 Å². The van der Waals surface area contributed by atoms with Crippen molar-refractivity contribution in [2.45, 2.75) is 39.8 Å². The average Bonchev–Trinajstić information content (AvgIpc) is 2.07. The second-order valence-corrected chi connectivity index (χ2v) is 2.22. The van der Waals surface area contributed by atoms with E-state index >= 15 is 0 Å². The lowest BCUT2D eigenvalue weighted by Crippen LogP contribution is -2.43. The van der Waals surface area contributed by atoms with Crippen LogP contribution in [0.3, 0.4) is 0 Å². The van der Waals surface area contributed by atoms with Gasteiger partial charge in [-0.25, -0.2) is 0 Å². The summed E-state index contributed by atoms with van der Waals surface area (Å²) in [7, 11) is 0. The maximum absolute atomic E-state index is 10.7. The Hall–Kier alpha value is -0.900. The number of hydrogen-bond acceptors (Lipinski definition) is 3. The van der Waals surface area contributed by atoms with Gasteiger partial charge in [-0.3, -0.25) is 4.79 Å². The molecule has 12 heavy (non-hydrogen) atoms. The molecular formula is C8H18N2O2. The van der Waals surface area contributed by atoms with Gasteiger partial charge in [-0.05, 0) is 13.8 Å². The quantitative estimate of drug-likeness (QED) is 0.594. The van der Waals surface area contributed by atoms with E-state index in [9.17, 15) is 9.59 Å². The summed E-state index contributed by atoms with van der Waals surface area (Å²) in [6.07, 6.45) is 0.653. The molecule has 2 unspecified atom stereocenters. The Morgan fingerprint density at radius 1 is 1.42 bits per heavy atom. The van der Waals surface area contributed by atoms with Gasteiger partial charge in [-0.2, -0.15) is 0 Å². The van der Waals surface area contributed by atoms with Gasteiger partial charge in [0.25, 0.3) is 0 Å². The van der Waals surface area contributed by atoms with E-state index in [0.717, 1.165) is 0 Å². The third-order valence-corrected chi connectivity index (χ3v) is 0.988. The monoisotopic (exact) mass is 174 g/mol. The number of rotatable bonds is 3. The summed E-state index contributed by atoms with van der Waals surface area (Å²) < 4.78 is 0. The van der Waals surface area contributed by atoms with Gasteiger partial charge in [0.05, 0.1) is 12.1 Å². The van der Waals surface area contributed by atoms with E-state index in [1.807, 2.05) is 13.8 Å². The zero-order valence-corrected chi connectivity index (χ0v) is 8.13. The first-order chi connectivity index (χ1) is 5.57. The molecule has 0 aliphatic rings. The second kappa shape index (κ2) is 8.20. The maximum Gasteiger partial charge on any atom is 0.237 e. The first-order valence-electron chi connectivity index (χ1n) is 4.09. The molecule has 0 saturated carbocycles. The van der Waals surface area contributed by atoms with Gasteiger partial charge < -0.3 is 15.8 Å². The molecule has 4 heteroatoms. The lowest BCUT2D eigenvalue weighted by molar-refractivity contribution is -0.124. The molecule has 0 fully saturated rings. The molecule has 3 N–H and O–H groups in total. The molecule has 4 nitrogen and oxygen atoms in total. The minimum atomic E-state index is -0.553. The molecule has 0 spiro atoms. The average molecular weight is 174 g/mol. The largest absolute Gasteiger partial charge is 0.346 e. The van der Waals surface area contributed by atoms with Gasteiger partial charge in [0, 0.05) is 0 Å². The predicted octanol–water partition coefficient (Wildman–Crippen LogP) is 0.0634. The van der Waals surface area contributed by atoms with Gasteiger partial charge in [-0.1, -0.05) is 13.8 Å². The van der Waals surface area contributed by atoms with Gasteiger partial charge in [0.2, 0.25) is 5.91 Å². The van der Waals surface area contributed by atoms with Crippen molar-refractivity contribution < 1.29 is 9.59 Å². The van der Waals surface area contributed by atoms with Crippen LogP contribution in [0.4, 0.5) is 0 Å². The Morgan fingerprint density at radius 3 is 2.08 bits per heavy atom. The van der Waals surface area contributed by atoms with Crippen molar-refractivity contribution in [1.29, 1.82) is 0 Å². The number of amides is 1. The van der Waals surface area contributed by atoms with Gasteiger partial charge >= 0.3 is 0 Å². The fourth-order valence-corrected chi connectivity index (χ4v) is 0.390. The Kier molecular flexibility index (Phi) is 9.34. The van der Waals surface area contributed by atoms with Gasteiger partial charge in [-0.15, -0.1) is 0 Å². The molecule has 0 saturated heterocycles. The molecule has 0 aliphatic carbocycles. The van der Waals surface area contributed by atoms with Crippen LogP contribution < -0.4 is 11.1 Å². The van der Waals surface area contributed by atoms with Crippen LogP contribution in [0, 0.1) is 0 Å². The molecule has 0 rings (SSSR count). The van der Waals surface area contributed by atoms with Crippen molar-refractivity contribution in [3.63, 3.8) is 0 Å². The number of hydrogen-bond donors (Lipinski definition) is 2. The fourth-order valence-electron chi connectivity index (χ4n) is 0.390. The van der Waals surface area contributed by atoms with Crippen LogP contribution in [0.25, 0.3) is 0 Å². The third-order valence-electron chi connectivity index (χ3n) is 0.988. The predicted molar refractivity (Wildman–Crippen MR) is 48.7 cm³/mol. The maximum atomic E-state index is 10.7. The highest BCUT2D eigenvalue weighted by Gasteiger charge is 2.08. The molecule has 0 heterocycles. The van der Waals surface area contributed by atoms with E-state index in [2.05, 4.69) is 5.32 Å². The highest BCUT2D eigenvalue weighted by atomic mass is 16.2. The lowest BCUT2D eigenvalue weighted by Gasteiger charge is -2.08. The van der Waals surface area contributed by atoms with Crippen LogP contribution in [0.15, 0.2) is 0 Å². The lowest BCUT2D eigenvalue weighted by atomic mass is 10.3. The van der Waals surface area contributed by atoms with E-state index < -0.39 is 12.1 Å². The molecule has 72 valence electrons. The summed E-state index contributed by atoms with van der Waals surface area (Å²) in [5.74, 6) is -0.306. The normalized spacial score (nSPS) is 13.4. The summed E-state index contributed by atoms with van der Waals surface area (Å²) in [6.45, 7) is 7.15. The summed E-state index contributed by atoms with van der Waals surface area (Å²) in [5.41, 5.74) is 5.21. The SMILES string of the molecule is CC.CC(C=O)NC(=O)C(C)N. The van der Waals surface area contributed by atoms with Crippen LogP contribution in [0.1, 0.15) is 27.7 Å². The molecule has 2 atom stereocenters. The van der Waals surface area contributed by atoms with Crippen LogP contribution in [-0.2, 0) is 9.59 Å². The Labute approximate surface area is 73.5 Å². The molecular weight excluding hydrogens is 156 g/mol. The van der Waals surface area contributed by atoms with E-state index in [4.69, 9.17) is 5.73 Å². The van der Waals surface area contributed by atoms with Crippen molar-refractivity contribution >= 4 is 12.2 Å². The molecule has 0 aromatic carbocycles. The number of nitrogens with two attached hydrogens (primary N) is 1. The van der Waals surface area contributed by atoms with Crippen molar-refractivity contribution in [2.75, 3.05) is 0 Å². The first-order valence-corrected chi connectivity index (χ1v) is 4.09. The molecule has 0 aromatic rings. The van der Waals surface area contributed by atoms with Crippen molar-refractivity contribution in [1.82, 2.24) is 5.32 Å². The Bertz CT molecular complexity index is 135. The summed E-state index contributed by atoms with van der Waals surface area (Å²) in [6, 6.07) is -0.999. The van der Waals surface area contributed by atoms with Crippen molar-refractivity contribution in [3.05, 3.63) is 0 Å². The van der Waals surface area contributed by atoms with Crippen molar-refractivity contribution in [2.24, 2.45) is 5.73 Å². The number of carbonyl (C=O) groups is 2. The van der Waals surface area contributed by atoms with E-state index in [0.29, 0.717) is 6.29 Å². The Balaban J connectivity index is 0. The van der Waals surface area contributed by atoms with E-state index in [1.165, 1.54) is 0 Å². The van der Waals surface area contributed by atoms with E-state index in [1.54, 1.807) is 13.8 Å². The molecule has 0 bridgehead atoms. The summed E-state index contributed by atoms with van der Waals surface area (Å²) in [5, 5.41) is 2.40.